The minimum absolute atomic E-state index is 0.475. The fourth-order valence-electron chi connectivity index (χ4n) is 0.593. The normalized spacial score (nSPS) is 10.6. The molecule has 0 aliphatic carbocycles. The van der Waals surface area contributed by atoms with Gasteiger partial charge >= 0.3 is 0 Å². The van der Waals surface area contributed by atoms with E-state index in [9.17, 15) is 0 Å². The maximum Gasteiger partial charge on any atom is 0.217 e. The molecule has 0 aliphatic heterocycles. The highest BCUT2D eigenvalue weighted by molar-refractivity contribution is 14.1. The Labute approximate surface area is 84.3 Å². The van der Waals surface area contributed by atoms with E-state index in [4.69, 9.17) is 0 Å². The van der Waals surface area contributed by atoms with Crippen molar-refractivity contribution in [1.29, 1.82) is 0 Å². The smallest absolute Gasteiger partial charge is 0.217 e. The lowest BCUT2D eigenvalue weighted by Crippen LogP contribution is -2.18. The summed E-state index contributed by atoms with van der Waals surface area (Å²) in [7, 11) is 0. The van der Waals surface area contributed by atoms with Crippen molar-refractivity contribution in [3.63, 3.8) is 0 Å². The molecule has 62 valence electrons. The number of anilines is 1. The van der Waals surface area contributed by atoms with Crippen molar-refractivity contribution in [2.75, 3.05) is 3.11 Å². The van der Waals surface area contributed by atoms with Crippen LogP contribution < -0.4 is 3.11 Å². The third-order valence-corrected chi connectivity index (χ3v) is 3.89. The summed E-state index contributed by atoms with van der Waals surface area (Å²) >= 11 is 3.87. The predicted molar refractivity (Wildman–Crippen MR) is 56.3 cm³/mol. The lowest BCUT2D eigenvalue weighted by molar-refractivity contribution is 0.842. The van der Waals surface area contributed by atoms with Crippen LogP contribution in [0.3, 0.4) is 0 Å². The molecule has 0 saturated heterocycles. The number of halogens is 1. The Morgan fingerprint density at radius 1 is 1.45 bits per heavy atom. The summed E-state index contributed by atoms with van der Waals surface area (Å²) < 4.78 is 2.09. The molecule has 1 rings (SSSR count). The van der Waals surface area contributed by atoms with E-state index in [1.54, 1.807) is 11.3 Å². The van der Waals surface area contributed by atoms with E-state index in [1.807, 2.05) is 6.92 Å². The molecule has 0 aliphatic rings. The number of rotatable bonds is 2. The molecule has 0 amide bonds. The Kier molecular flexibility index (Phi) is 3.06. The highest BCUT2D eigenvalue weighted by atomic mass is 127. The van der Waals surface area contributed by atoms with Crippen LogP contribution >= 0.6 is 34.2 Å². The van der Waals surface area contributed by atoms with Crippen molar-refractivity contribution in [3.8, 4) is 0 Å². The second-order valence-corrected chi connectivity index (χ2v) is 4.71. The minimum atomic E-state index is 0.475. The molecule has 0 atom stereocenters. The fraction of sp³-hybridized carbons (Fsp3) is 0.667. The van der Waals surface area contributed by atoms with Crippen LogP contribution in [0.1, 0.15) is 18.9 Å². The molecule has 0 bridgehead atoms. The Hall–Kier alpha value is 0.0900. The summed E-state index contributed by atoms with van der Waals surface area (Å²) in [4.78, 5) is 0. The SMILES string of the molecule is Cc1nnc(N(I)C(C)C)s1. The topological polar surface area (TPSA) is 29.0 Å². The van der Waals surface area contributed by atoms with Crippen molar-refractivity contribution in [2.45, 2.75) is 26.8 Å². The lowest BCUT2D eigenvalue weighted by Gasteiger charge is -2.15. The Bertz CT molecular complexity index is 235. The first kappa shape index (κ1) is 9.18. The van der Waals surface area contributed by atoms with Crippen LogP contribution in [0.5, 0.6) is 0 Å². The molecule has 0 radical (unpaired) electrons. The van der Waals surface area contributed by atoms with Crippen LogP contribution in [0.2, 0.25) is 0 Å². The molecule has 3 nitrogen and oxygen atoms in total. The molecule has 0 aromatic carbocycles. The number of aryl methyl sites for hydroxylation is 1. The summed E-state index contributed by atoms with van der Waals surface area (Å²) in [6, 6.07) is 0.475. The maximum atomic E-state index is 4.02. The van der Waals surface area contributed by atoms with E-state index >= 15 is 0 Å². The van der Waals surface area contributed by atoms with E-state index in [-0.39, 0.29) is 0 Å². The number of nitrogens with zero attached hydrogens (tertiary/aromatic N) is 3. The van der Waals surface area contributed by atoms with Gasteiger partial charge in [0.1, 0.15) is 5.01 Å². The van der Waals surface area contributed by atoms with Crippen LogP contribution in [-0.2, 0) is 0 Å². The van der Waals surface area contributed by atoms with E-state index < -0.39 is 0 Å². The second-order valence-electron chi connectivity index (χ2n) is 2.51. The van der Waals surface area contributed by atoms with Gasteiger partial charge in [-0.1, -0.05) is 11.3 Å². The largest absolute Gasteiger partial charge is 0.287 e. The summed E-state index contributed by atoms with van der Waals surface area (Å²) in [5, 5.41) is 9.97. The molecule has 0 N–H and O–H groups in total. The Morgan fingerprint density at radius 2 is 2.09 bits per heavy atom. The van der Waals surface area contributed by atoms with Crippen LogP contribution in [-0.4, -0.2) is 16.2 Å². The molecule has 5 heteroatoms. The van der Waals surface area contributed by atoms with E-state index in [0.29, 0.717) is 6.04 Å². The van der Waals surface area contributed by atoms with Gasteiger partial charge in [-0.2, -0.15) is 0 Å². The van der Waals surface area contributed by atoms with Crippen molar-refractivity contribution in [3.05, 3.63) is 5.01 Å². The van der Waals surface area contributed by atoms with Crippen LogP contribution in [0.4, 0.5) is 5.13 Å². The first-order valence-electron chi connectivity index (χ1n) is 3.36. The highest BCUT2D eigenvalue weighted by Crippen LogP contribution is 2.24. The third-order valence-electron chi connectivity index (χ3n) is 1.15. The van der Waals surface area contributed by atoms with Crippen molar-refractivity contribution < 1.29 is 0 Å². The van der Waals surface area contributed by atoms with Crippen LogP contribution in [0.25, 0.3) is 0 Å². The molecule has 0 saturated carbocycles. The zero-order valence-electron chi connectivity index (χ0n) is 6.71. The fourth-order valence-corrected chi connectivity index (χ4v) is 1.71. The average molecular weight is 283 g/mol. The van der Waals surface area contributed by atoms with Gasteiger partial charge in [0.15, 0.2) is 0 Å². The summed E-state index contributed by atoms with van der Waals surface area (Å²) in [6.07, 6.45) is 0. The van der Waals surface area contributed by atoms with E-state index in [1.165, 1.54) is 0 Å². The first-order valence-corrected chi connectivity index (χ1v) is 5.14. The molecule has 0 unspecified atom stereocenters. The van der Waals surface area contributed by atoms with Gasteiger partial charge in [-0.15, -0.1) is 10.2 Å². The predicted octanol–water partition coefficient (Wildman–Crippen LogP) is 2.41. The quantitative estimate of drug-likeness (QED) is 0.616. The molecule has 0 spiro atoms. The van der Waals surface area contributed by atoms with Gasteiger partial charge in [-0.25, -0.2) is 0 Å². The maximum absolute atomic E-state index is 4.02. The monoisotopic (exact) mass is 283 g/mol. The Balaban J connectivity index is 2.76. The summed E-state index contributed by atoms with van der Waals surface area (Å²) in [5.74, 6) is 0. The van der Waals surface area contributed by atoms with Crippen LogP contribution in [0, 0.1) is 6.92 Å². The molecule has 1 aromatic rings. The summed E-state index contributed by atoms with van der Waals surface area (Å²) in [6.45, 7) is 6.22. The second kappa shape index (κ2) is 3.66. The van der Waals surface area contributed by atoms with Gasteiger partial charge < -0.3 is 0 Å². The molecule has 1 heterocycles. The zero-order valence-corrected chi connectivity index (χ0v) is 9.68. The Morgan fingerprint density at radius 3 is 2.45 bits per heavy atom. The highest BCUT2D eigenvalue weighted by Gasteiger charge is 2.10. The first-order chi connectivity index (χ1) is 5.11. The molecular weight excluding hydrogens is 273 g/mol. The van der Waals surface area contributed by atoms with Crippen molar-refractivity contribution in [2.24, 2.45) is 0 Å². The van der Waals surface area contributed by atoms with Gasteiger partial charge in [0, 0.05) is 6.04 Å². The standard InChI is InChI=1S/C6H10IN3S/c1-4(2)10(7)6-9-8-5(3)11-6/h4H,1-3H3. The number of hydrogen-bond acceptors (Lipinski definition) is 4. The van der Waals surface area contributed by atoms with Gasteiger partial charge in [-0.05, 0) is 20.8 Å². The number of hydrogen-bond donors (Lipinski definition) is 0. The van der Waals surface area contributed by atoms with Gasteiger partial charge in [0.05, 0.1) is 22.9 Å². The summed E-state index contributed by atoms with van der Waals surface area (Å²) in [5.41, 5.74) is 0. The van der Waals surface area contributed by atoms with Crippen molar-refractivity contribution in [1.82, 2.24) is 10.2 Å². The third kappa shape index (κ3) is 2.26. The molecule has 11 heavy (non-hydrogen) atoms. The molecular formula is C6H10IN3S. The van der Waals surface area contributed by atoms with Gasteiger partial charge in [0.2, 0.25) is 5.13 Å². The number of aromatic nitrogens is 2. The van der Waals surface area contributed by atoms with E-state index in [0.717, 1.165) is 10.1 Å². The van der Waals surface area contributed by atoms with Crippen molar-refractivity contribution >= 4 is 39.3 Å². The molecule has 0 fully saturated rings. The molecule has 1 aromatic heterocycles. The zero-order chi connectivity index (χ0) is 8.43. The van der Waals surface area contributed by atoms with E-state index in [2.05, 4.69) is 50.0 Å². The minimum Gasteiger partial charge on any atom is -0.287 e. The average Bonchev–Trinajstić information content (AvgIpc) is 2.34. The van der Waals surface area contributed by atoms with Gasteiger partial charge in [0.25, 0.3) is 0 Å². The van der Waals surface area contributed by atoms with Crippen LogP contribution in [0.15, 0.2) is 0 Å². The van der Waals surface area contributed by atoms with Gasteiger partial charge in [-0.3, -0.25) is 3.11 Å². The lowest BCUT2D eigenvalue weighted by atomic mass is 10.4.